The lowest BCUT2D eigenvalue weighted by Crippen LogP contribution is -2.22. The highest BCUT2D eigenvalue weighted by Gasteiger charge is 2.22. The summed E-state index contributed by atoms with van der Waals surface area (Å²) in [7, 11) is 0. The summed E-state index contributed by atoms with van der Waals surface area (Å²) in [5.41, 5.74) is 0.249. The molecule has 0 aliphatic carbocycles. The van der Waals surface area contributed by atoms with Gasteiger partial charge in [-0.15, -0.1) is 0 Å². The summed E-state index contributed by atoms with van der Waals surface area (Å²) < 4.78 is 5.40. The lowest BCUT2D eigenvalue weighted by Gasteiger charge is -2.16. The van der Waals surface area contributed by atoms with Crippen LogP contribution >= 0.6 is 0 Å². The van der Waals surface area contributed by atoms with Crippen molar-refractivity contribution in [2.24, 2.45) is 5.41 Å². The van der Waals surface area contributed by atoms with E-state index in [1.165, 1.54) is 6.07 Å². The predicted octanol–water partition coefficient (Wildman–Crippen LogP) is 3.54. The first-order valence-electron chi connectivity index (χ1n) is 6.69. The monoisotopic (exact) mass is 279 g/mol. The number of nitro groups is 1. The van der Waals surface area contributed by atoms with Crippen LogP contribution in [-0.2, 0) is 11.2 Å². The molecule has 0 heterocycles. The number of carbonyl (C=O) groups is 1. The number of rotatable bonds is 6. The van der Waals surface area contributed by atoms with E-state index in [0.717, 1.165) is 12.0 Å². The second kappa shape index (κ2) is 6.50. The van der Waals surface area contributed by atoms with Crippen LogP contribution in [0, 0.1) is 15.5 Å². The molecule has 20 heavy (non-hydrogen) atoms. The van der Waals surface area contributed by atoms with E-state index in [1.807, 2.05) is 27.7 Å². The van der Waals surface area contributed by atoms with Crippen LogP contribution in [0.3, 0.4) is 0 Å². The molecule has 0 amide bonds. The van der Waals surface area contributed by atoms with Crippen LogP contribution in [0.15, 0.2) is 18.2 Å². The highest BCUT2D eigenvalue weighted by atomic mass is 16.6. The van der Waals surface area contributed by atoms with Crippen molar-refractivity contribution < 1.29 is 14.5 Å². The average Bonchev–Trinajstić information content (AvgIpc) is 2.35. The number of benzene rings is 1. The molecule has 1 rings (SSSR count). The average molecular weight is 279 g/mol. The Morgan fingerprint density at radius 2 is 2.00 bits per heavy atom. The van der Waals surface area contributed by atoms with E-state index in [2.05, 4.69) is 0 Å². The molecule has 5 heteroatoms. The first kappa shape index (κ1) is 16.1. The molecule has 0 saturated carbocycles. The molecule has 0 aliphatic rings. The molecule has 5 nitrogen and oxygen atoms in total. The van der Waals surface area contributed by atoms with Crippen molar-refractivity contribution in [3.63, 3.8) is 0 Å². The Bertz CT molecular complexity index is 503. The number of hydrogen-bond donors (Lipinski definition) is 0. The zero-order chi connectivity index (χ0) is 15.3. The summed E-state index contributed by atoms with van der Waals surface area (Å²) in [4.78, 5) is 22.5. The van der Waals surface area contributed by atoms with Crippen LogP contribution in [0.2, 0.25) is 0 Å². The molecular formula is C15H21NO4. The molecule has 1 aromatic carbocycles. The van der Waals surface area contributed by atoms with Crippen LogP contribution in [0.1, 0.15) is 39.7 Å². The lowest BCUT2D eigenvalue weighted by atomic mass is 9.87. The summed E-state index contributed by atoms with van der Waals surface area (Å²) in [5.74, 6) is 0.323. The van der Waals surface area contributed by atoms with Gasteiger partial charge in [-0.25, -0.2) is 0 Å². The fourth-order valence-corrected chi connectivity index (χ4v) is 1.60. The normalized spacial score (nSPS) is 11.2. The van der Waals surface area contributed by atoms with Gasteiger partial charge >= 0.3 is 5.69 Å². The molecule has 1 aromatic rings. The topological polar surface area (TPSA) is 69.4 Å². The van der Waals surface area contributed by atoms with Gasteiger partial charge < -0.3 is 4.74 Å². The predicted molar refractivity (Wildman–Crippen MR) is 77.0 cm³/mol. The van der Waals surface area contributed by atoms with E-state index >= 15 is 0 Å². The summed E-state index contributed by atoms with van der Waals surface area (Å²) in [6.07, 6.45) is 1.02. The van der Waals surface area contributed by atoms with E-state index in [4.69, 9.17) is 4.74 Å². The van der Waals surface area contributed by atoms with Crippen LogP contribution in [0.5, 0.6) is 5.75 Å². The lowest BCUT2D eigenvalue weighted by molar-refractivity contribution is -0.385. The van der Waals surface area contributed by atoms with E-state index in [0.29, 0.717) is 6.61 Å². The zero-order valence-electron chi connectivity index (χ0n) is 12.4. The van der Waals surface area contributed by atoms with E-state index < -0.39 is 10.3 Å². The Labute approximate surface area is 119 Å². The standard InChI is InChI=1S/C15H21NO4/c1-5-8-20-13-9-11(6-7-12(13)16(18)19)10-14(17)15(2,3)4/h6-7,9H,5,8,10H2,1-4H3. The van der Waals surface area contributed by atoms with Crippen molar-refractivity contribution >= 4 is 11.5 Å². The largest absolute Gasteiger partial charge is 0.487 e. The van der Waals surface area contributed by atoms with Gasteiger partial charge in [-0.2, -0.15) is 0 Å². The highest BCUT2D eigenvalue weighted by Crippen LogP contribution is 2.29. The second-order valence-electron chi connectivity index (χ2n) is 5.76. The Balaban J connectivity index is 3.00. The van der Waals surface area contributed by atoms with Gasteiger partial charge in [-0.05, 0) is 18.1 Å². The van der Waals surface area contributed by atoms with Gasteiger partial charge in [0.1, 0.15) is 5.78 Å². The molecule has 110 valence electrons. The minimum Gasteiger partial charge on any atom is -0.487 e. The molecule has 0 spiro atoms. The molecule has 0 aliphatic heterocycles. The van der Waals surface area contributed by atoms with Gasteiger partial charge in [-0.3, -0.25) is 14.9 Å². The minimum atomic E-state index is -0.472. The van der Waals surface area contributed by atoms with Crippen molar-refractivity contribution in [3.05, 3.63) is 33.9 Å². The van der Waals surface area contributed by atoms with Gasteiger partial charge in [0, 0.05) is 17.9 Å². The highest BCUT2D eigenvalue weighted by molar-refractivity contribution is 5.85. The summed E-state index contributed by atoms with van der Waals surface area (Å²) in [6, 6.07) is 4.61. The van der Waals surface area contributed by atoms with E-state index in [1.54, 1.807) is 12.1 Å². The third-order valence-corrected chi connectivity index (χ3v) is 2.88. The number of ketones is 1. The SMILES string of the molecule is CCCOc1cc(CC(=O)C(C)(C)C)ccc1[N+](=O)[O-]. The first-order chi connectivity index (χ1) is 9.25. The molecule has 0 saturated heterocycles. The zero-order valence-corrected chi connectivity index (χ0v) is 12.4. The maximum atomic E-state index is 12.0. The number of nitrogens with zero attached hydrogens (tertiary/aromatic N) is 1. The van der Waals surface area contributed by atoms with Gasteiger partial charge in [0.15, 0.2) is 5.75 Å². The van der Waals surface area contributed by atoms with E-state index in [9.17, 15) is 14.9 Å². The van der Waals surface area contributed by atoms with Gasteiger partial charge in [0.25, 0.3) is 0 Å². The Kier molecular flexibility index (Phi) is 5.25. The van der Waals surface area contributed by atoms with Gasteiger partial charge in [-0.1, -0.05) is 33.8 Å². The van der Waals surface area contributed by atoms with Crippen LogP contribution in [0.25, 0.3) is 0 Å². The Hall–Kier alpha value is -1.91. The molecular weight excluding hydrogens is 258 g/mol. The van der Waals surface area contributed by atoms with Crippen molar-refractivity contribution in [1.82, 2.24) is 0 Å². The molecule has 0 N–H and O–H groups in total. The number of ether oxygens (including phenoxy) is 1. The van der Waals surface area contributed by atoms with Crippen LogP contribution < -0.4 is 4.74 Å². The quantitative estimate of drug-likeness (QED) is 0.590. The van der Waals surface area contributed by atoms with Crippen LogP contribution in [-0.4, -0.2) is 17.3 Å². The number of nitro benzene ring substituents is 1. The number of carbonyl (C=O) groups excluding carboxylic acids is 1. The van der Waals surface area contributed by atoms with Crippen molar-refractivity contribution in [3.8, 4) is 5.75 Å². The molecule has 0 fully saturated rings. The van der Waals surface area contributed by atoms with Crippen LogP contribution in [0.4, 0.5) is 5.69 Å². The smallest absolute Gasteiger partial charge is 0.310 e. The number of Topliss-reactive ketones (excluding diaryl/α,β-unsaturated/α-hetero) is 1. The minimum absolute atomic E-state index is 0.0644. The summed E-state index contributed by atoms with van der Waals surface area (Å²) >= 11 is 0. The van der Waals surface area contributed by atoms with Crippen molar-refractivity contribution in [2.45, 2.75) is 40.5 Å². The Morgan fingerprint density at radius 1 is 1.35 bits per heavy atom. The maximum absolute atomic E-state index is 12.0. The molecule has 0 unspecified atom stereocenters. The summed E-state index contributed by atoms with van der Waals surface area (Å²) in [5, 5.41) is 10.9. The fourth-order valence-electron chi connectivity index (χ4n) is 1.60. The number of hydrogen-bond acceptors (Lipinski definition) is 4. The molecule has 0 bridgehead atoms. The van der Waals surface area contributed by atoms with E-state index in [-0.39, 0.29) is 23.6 Å². The third kappa shape index (κ3) is 4.33. The first-order valence-corrected chi connectivity index (χ1v) is 6.69. The van der Waals surface area contributed by atoms with Crippen molar-refractivity contribution in [2.75, 3.05) is 6.61 Å². The van der Waals surface area contributed by atoms with Crippen molar-refractivity contribution in [1.29, 1.82) is 0 Å². The summed E-state index contributed by atoms with van der Waals surface area (Å²) in [6.45, 7) is 7.91. The van der Waals surface area contributed by atoms with Gasteiger partial charge in [0.05, 0.1) is 11.5 Å². The fraction of sp³-hybridized carbons (Fsp3) is 0.533. The molecule has 0 aromatic heterocycles. The second-order valence-corrected chi connectivity index (χ2v) is 5.76. The Morgan fingerprint density at radius 3 is 2.50 bits per heavy atom. The van der Waals surface area contributed by atoms with Gasteiger partial charge in [0.2, 0.25) is 0 Å². The molecule has 0 radical (unpaired) electrons. The molecule has 0 atom stereocenters. The third-order valence-electron chi connectivity index (χ3n) is 2.88. The maximum Gasteiger partial charge on any atom is 0.310 e.